The molecule has 5 aliphatic rings. The number of hydrogen-bond acceptors (Lipinski definition) is 6. The molecule has 1 unspecified atom stereocenters. The van der Waals surface area contributed by atoms with Gasteiger partial charge in [-0.25, -0.2) is 0 Å². The average Bonchev–Trinajstić information content (AvgIpc) is 2.87. The predicted octanol–water partition coefficient (Wildman–Crippen LogP) is 6.24. The molecule has 1 saturated heterocycles. The maximum absolute atomic E-state index is 13.3. The number of hydrogen-bond donors (Lipinski definition) is 2. The van der Waals surface area contributed by atoms with Gasteiger partial charge in [-0.3, -0.25) is 9.59 Å². The van der Waals surface area contributed by atoms with Gasteiger partial charge in [0.25, 0.3) is 0 Å². The van der Waals surface area contributed by atoms with E-state index in [9.17, 15) is 14.7 Å². The summed E-state index contributed by atoms with van der Waals surface area (Å²) in [6, 6.07) is -0.116. The highest BCUT2D eigenvalue weighted by Crippen LogP contribution is 2.75. The van der Waals surface area contributed by atoms with E-state index in [4.69, 9.17) is 19.9 Å². The van der Waals surface area contributed by atoms with Gasteiger partial charge in [0.05, 0.1) is 25.7 Å². The molecule has 42 heavy (non-hydrogen) atoms. The Morgan fingerprint density at radius 2 is 1.76 bits per heavy atom. The van der Waals surface area contributed by atoms with Crippen LogP contribution in [0.3, 0.4) is 0 Å². The third-order valence-corrected chi connectivity index (χ3v) is 13.9. The number of nitrogens with two attached hydrogens (primary N) is 1. The summed E-state index contributed by atoms with van der Waals surface area (Å²) >= 11 is 0. The molecule has 4 fully saturated rings. The number of ether oxygens (including phenoxy) is 3. The topological polar surface area (TPSA) is 108 Å². The van der Waals surface area contributed by atoms with Crippen LogP contribution in [0.4, 0.5) is 0 Å². The van der Waals surface area contributed by atoms with Gasteiger partial charge in [0.2, 0.25) is 0 Å². The normalized spacial score (nSPS) is 47.8. The molecule has 2 bridgehead atoms. The Balaban J connectivity index is 1.60. The molecule has 0 aromatic heterocycles. The Morgan fingerprint density at radius 3 is 2.36 bits per heavy atom. The number of fused-ring (bicyclic) bond motifs is 3. The molecule has 7 heteroatoms. The van der Waals surface area contributed by atoms with Crippen molar-refractivity contribution in [1.29, 1.82) is 0 Å². The van der Waals surface area contributed by atoms with E-state index in [1.54, 1.807) is 0 Å². The Hall–Kier alpha value is -1.44. The Labute approximate surface area is 253 Å². The first kappa shape index (κ1) is 32.0. The molecule has 0 radical (unpaired) electrons. The molecule has 4 aliphatic carbocycles. The second kappa shape index (κ2) is 10.6. The molecule has 1 heterocycles. The van der Waals surface area contributed by atoms with Crippen molar-refractivity contribution in [3.63, 3.8) is 0 Å². The number of aliphatic carboxylic acids is 1. The van der Waals surface area contributed by atoms with E-state index in [0.717, 1.165) is 32.1 Å². The van der Waals surface area contributed by atoms with Crippen LogP contribution in [-0.2, 0) is 23.8 Å². The minimum Gasteiger partial charge on any atom is -0.481 e. The largest absolute Gasteiger partial charge is 0.481 e. The summed E-state index contributed by atoms with van der Waals surface area (Å²) in [5, 5.41) is 10.9. The van der Waals surface area contributed by atoms with Crippen molar-refractivity contribution in [2.45, 2.75) is 119 Å². The fourth-order valence-corrected chi connectivity index (χ4v) is 11.4. The van der Waals surface area contributed by atoms with Crippen LogP contribution in [0, 0.1) is 56.7 Å². The zero-order valence-electron chi connectivity index (χ0n) is 27.6. The second-order valence-corrected chi connectivity index (χ2v) is 16.4. The van der Waals surface area contributed by atoms with E-state index in [1.165, 1.54) is 12.5 Å². The molecular weight excluding hydrogens is 530 g/mol. The van der Waals surface area contributed by atoms with Crippen LogP contribution < -0.4 is 5.73 Å². The maximum atomic E-state index is 13.3. The summed E-state index contributed by atoms with van der Waals surface area (Å²) in [5.74, 6) is -0.00283. The quantitative estimate of drug-likeness (QED) is 0.268. The average molecular weight is 588 g/mol. The smallest absolute Gasteiger partial charge is 0.307 e. The molecule has 1 aliphatic heterocycles. The molecule has 0 amide bonds. The van der Waals surface area contributed by atoms with E-state index in [-0.39, 0.29) is 57.2 Å². The van der Waals surface area contributed by atoms with Crippen LogP contribution in [-0.4, -0.2) is 55.1 Å². The van der Waals surface area contributed by atoms with Crippen molar-refractivity contribution < 1.29 is 28.9 Å². The van der Waals surface area contributed by atoms with Crippen LogP contribution in [0.1, 0.15) is 101 Å². The van der Waals surface area contributed by atoms with Gasteiger partial charge < -0.3 is 25.1 Å². The van der Waals surface area contributed by atoms with Crippen LogP contribution in [0.25, 0.3) is 0 Å². The fourth-order valence-electron chi connectivity index (χ4n) is 11.4. The summed E-state index contributed by atoms with van der Waals surface area (Å²) in [5.41, 5.74) is 6.20. The number of esters is 1. The molecule has 3 saturated carbocycles. The SMILES string of the molecule is CC(=O)O[C@@H]1C[C@]23COC[C@@](C)([C@@H]2CC[C@H]2C3=CC[C@@]3(C)[C@H](C(=O)O)[C@@](C)([C@H](C)C(C)C)CC[C@]23C)[C@H]1OCC(C)N. The van der Waals surface area contributed by atoms with Crippen LogP contribution in [0.2, 0.25) is 0 Å². The Kier molecular flexibility index (Phi) is 8.05. The van der Waals surface area contributed by atoms with Gasteiger partial charge in [-0.2, -0.15) is 0 Å². The summed E-state index contributed by atoms with van der Waals surface area (Å²) in [7, 11) is 0. The number of carboxylic acid groups (broad SMARTS) is 1. The number of carbonyl (C=O) groups is 2. The van der Waals surface area contributed by atoms with Gasteiger partial charge in [-0.1, -0.05) is 60.1 Å². The predicted molar refractivity (Wildman–Crippen MR) is 163 cm³/mol. The minimum atomic E-state index is -0.641. The first-order valence-electron chi connectivity index (χ1n) is 16.5. The zero-order chi connectivity index (χ0) is 31.0. The molecular formula is C35H57NO6. The molecule has 238 valence electrons. The molecule has 0 spiro atoms. The Bertz CT molecular complexity index is 1120. The lowest BCUT2D eigenvalue weighted by Crippen LogP contribution is -2.70. The lowest BCUT2D eigenvalue weighted by Gasteiger charge is -2.71. The van der Waals surface area contributed by atoms with Crippen molar-refractivity contribution in [3.8, 4) is 0 Å². The van der Waals surface area contributed by atoms with Crippen LogP contribution in [0.15, 0.2) is 11.6 Å². The van der Waals surface area contributed by atoms with E-state index in [2.05, 4.69) is 54.5 Å². The number of allylic oxidation sites excluding steroid dienone is 1. The van der Waals surface area contributed by atoms with Gasteiger partial charge in [0, 0.05) is 23.8 Å². The summed E-state index contributed by atoms with van der Waals surface area (Å²) < 4.78 is 19.1. The molecule has 7 nitrogen and oxygen atoms in total. The highest BCUT2D eigenvalue weighted by Gasteiger charge is 2.72. The highest BCUT2D eigenvalue weighted by atomic mass is 16.6. The molecule has 0 aromatic rings. The lowest BCUT2D eigenvalue weighted by atomic mass is 9.34. The Morgan fingerprint density at radius 1 is 1.07 bits per heavy atom. The van der Waals surface area contributed by atoms with E-state index in [0.29, 0.717) is 44.0 Å². The lowest BCUT2D eigenvalue weighted by molar-refractivity contribution is -0.267. The third-order valence-electron chi connectivity index (χ3n) is 13.9. The molecule has 5 rings (SSSR count). The molecule has 0 aromatic carbocycles. The van der Waals surface area contributed by atoms with Crippen molar-refractivity contribution in [2.75, 3.05) is 19.8 Å². The number of carbonyl (C=O) groups excluding carboxylic acids is 1. The molecule has 12 atom stereocenters. The standard InChI is InChI=1S/C35H57NO6/c1-20(2)22(4)31(6)14-15-33(8)24-10-11-27-32(7)18-40-19-35(27,25(24)12-13-34(33,9)28(31)30(38)39)16-26(42-23(5)37)29(32)41-17-21(3)36/h12,20-22,24,26-29H,10-11,13-19,36H2,1-9H3,(H,38,39)/t21?,22-,24+,26-,27+,28-,29+,31-,32+,33-,34+,35-/m1/s1. The highest BCUT2D eigenvalue weighted by molar-refractivity contribution is 5.73. The van der Waals surface area contributed by atoms with Gasteiger partial charge in [0.15, 0.2) is 0 Å². The van der Waals surface area contributed by atoms with Gasteiger partial charge >= 0.3 is 11.9 Å². The van der Waals surface area contributed by atoms with E-state index < -0.39 is 11.9 Å². The van der Waals surface area contributed by atoms with Crippen molar-refractivity contribution in [2.24, 2.45) is 62.4 Å². The van der Waals surface area contributed by atoms with Crippen LogP contribution in [0.5, 0.6) is 0 Å². The first-order chi connectivity index (χ1) is 19.5. The monoisotopic (exact) mass is 587 g/mol. The summed E-state index contributed by atoms with van der Waals surface area (Å²) in [6.07, 6.45) is 7.23. The minimum absolute atomic E-state index is 0.116. The van der Waals surface area contributed by atoms with Crippen molar-refractivity contribution in [1.82, 2.24) is 0 Å². The van der Waals surface area contributed by atoms with Crippen LogP contribution >= 0.6 is 0 Å². The van der Waals surface area contributed by atoms with Gasteiger partial charge in [-0.15, -0.1) is 0 Å². The maximum Gasteiger partial charge on any atom is 0.307 e. The van der Waals surface area contributed by atoms with E-state index in [1.807, 2.05) is 6.92 Å². The number of rotatable bonds is 7. The van der Waals surface area contributed by atoms with Crippen molar-refractivity contribution >= 4 is 11.9 Å². The second-order valence-electron chi connectivity index (χ2n) is 16.4. The fraction of sp³-hybridized carbons (Fsp3) is 0.886. The van der Waals surface area contributed by atoms with E-state index >= 15 is 0 Å². The summed E-state index contributed by atoms with van der Waals surface area (Å²) in [4.78, 5) is 25.7. The third kappa shape index (κ3) is 4.37. The van der Waals surface area contributed by atoms with Gasteiger partial charge in [0.1, 0.15) is 12.2 Å². The first-order valence-corrected chi connectivity index (χ1v) is 16.5. The van der Waals surface area contributed by atoms with Crippen molar-refractivity contribution in [3.05, 3.63) is 11.6 Å². The van der Waals surface area contributed by atoms with Gasteiger partial charge in [-0.05, 0) is 85.4 Å². The zero-order valence-corrected chi connectivity index (χ0v) is 27.6. The summed E-state index contributed by atoms with van der Waals surface area (Å²) in [6.45, 7) is 21.0. The number of carboxylic acids is 1. The molecule has 3 N–H and O–H groups in total.